The number of carbonyl (C=O) groups is 1. The van der Waals surface area contributed by atoms with Crippen LogP contribution < -0.4 is 10.2 Å². The molecule has 0 aliphatic rings. The molecule has 1 heterocycles. The van der Waals surface area contributed by atoms with Gasteiger partial charge in [0.05, 0.1) is 11.9 Å². The molecule has 0 spiro atoms. The van der Waals surface area contributed by atoms with Gasteiger partial charge in [-0.15, -0.1) is 11.3 Å². The molecule has 0 saturated heterocycles. The smallest absolute Gasteiger partial charge is 0.353 e. The highest BCUT2D eigenvalue weighted by Gasteiger charge is 2.08. The first-order valence-electron chi connectivity index (χ1n) is 7.11. The summed E-state index contributed by atoms with van der Waals surface area (Å²) < 4.78 is 5.30. The summed E-state index contributed by atoms with van der Waals surface area (Å²) in [6.07, 6.45) is 1.68. The van der Waals surface area contributed by atoms with Crippen LogP contribution in [0.15, 0.2) is 71.1 Å². The van der Waals surface area contributed by atoms with Crippen LogP contribution in [0.1, 0.15) is 15.2 Å². The second-order valence-corrected chi connectivity index (χ2v) is 6.20. The lowest BCUT2D eigenvalue weighted by Crippen LogP contribution is -2.06. The lowest BCUT2D eigenvalue weighted by molar-refractivity contribution is 0.0740. The summed E-state index contributed by atoms with van der Waals surface area (Å²) in [6, 6.07) is 17.9. The Morgan fingerprint density at radius 1 is 1.08 bits per heavy atom. The van der Waals surface area contributed by atoms with E-state index in [4.69, 9.17) is 16.3 Å². The van der Waals surface area contributed by atoms with Crippen molar-refractivity contribution in [1.29, 1.82) is 0 Å². The summed E-state index contributed by atoms with van der Waals surface area (Å²) >= 11 is 7.17. The monoisotopic (exact) mass is 356 g/mol. The number of hydrogen-bond acceptors (Lipinski definition) is 5. The SMILES string of the molecule is O=C(Oc1ccc(/C=N/Nc2ccc(Cl)cc2)cc1)c1cccs1. The number of halogens is 1. The number of hydrazone groups is 1. The summed E-state index contributed by atoms with van der Waals surface area (Å²) in [5.41, 5.74) is 4.64. The quantitative estimate of drug-likeness (QED) is 0.300. The van der Waals surface area contributed by atoms with Gasteiger partial charge in [-0.2, -0.15) is 5.10 Å². The standard InChI is InChI=1S/C18H13ClN2O2S/c19-14-5-7-15(8-6-14)21-20-12-13-3-9-16(10-4-13)23-18(22)17-2-1-11-24-17/h1-12,21H/b20-12+. The zero-order valence-electron chi connectivity index (χ0n) is 12.5. The van der Waals surface area contributed by atoms with E-state index < -0.39 is 0 Å². The lowest BCUT2D eigenvalue weighted by atomic mass is 10.2. The number of rotatable bonds is 5. The van der Waals surface area contributed by atoms with Crippen molar-refractivity contribution >= 4 is 40.8 Å². The average Bonchev–Trinajstić information content (AvgIpc) is 3.13. The molecule has 120 valence electrons. The van der Waals surface area contributed by atoms with Gasteiger partial charge in [0.15, 0.2) is 0 Å². The molecular formula is C18H13ClN2O2S. The topological polar surface area (TPSA) is 50.7 Å². The maximum absolute atomic E-state index is 11.9. The molecular weight excluding hydrogens is 344 g/mol. The molecule has 0 aliphatic carbocycles. The summed E-state index contributed by atoms with van der Waals surface area (Å²) in [4.78, 5) is 12.4. The molecule has 0 bridgehead atoms. The molecule has 0 atom stereocenters. The predicted molar refractivity (Wildman–Crippen MR) is 98.4 cm³/mol. The first-order valence-corrected chi connectivity index (χ1v) is 8.37. The van der Waals surface area contributed by atoms with Crippen molar-refractivity contribution in [3.63, 3.8) is 0 Å². The van der Waals surface area contributed by atoms with Crippen LogP contribution in [-0.2, 0) is 0 Å². The van der Waals surface area contributed by atoms with Crippen LogP contribution >= 0.6 is 22.9 Å². The van der Waals surface area contributed by atoms with E-state index in [1.165, 1.54) is 11.3 Å². The van der Waals surface area contributed by atoms with E-state index in [9.17, 15) is 4.79 Å². The molecule has 0 aliphatic heterocycles. The number of esters is 1. The Labute approximate surface area is 148 Å². The zero-order chi connectivity index (χ0) is 16.8. The second kappa shape index (κ2) is 7.77. The highest BCUT2D eigenvalue weighted by Crippen LogP contribution is 2.16. The fraction of sp³-hybridized carbons (Fsp3) is 0. The Hall–Kier alpha value is -2.63. The Morgan fingerprint density at radius 2 is 1.83 bits per heavy atom. The van der Waals surface area contributed by atoms with E-state index in [0.29, 0.717) is 15.6 Å². The Balaban J connectivity index is 1.57. The van der Waals surface area contributed by atoms with Crippen LogP contribution in [0.3, 0.4) is 0 Å². The van der Waals surface area contributed by atoms with E-state index in [1.54, 1.807) is 36.5 Å². The Morgan fingerprint density at radius 3 is 2.50 bits per heavy atom. The maximum Gasteiger partial charge on any atom is 0.353 e. The molecule has 0 unspecified atom stereocenters. The summed E-state index contributed by atoms with van der Waals surface area (Å²) in [6.45, 7) is 0. The molecule has 4 nitrogen and oxygen atoms in total. The minimum Gasteiger partial charge on any atom is -0.422 e. The van der Waals surface area contributed by atoms with Gasteiger partial charge < -0.3 is 4.74 Å². The van der Waals surface area contributed by atoms with Crippen molar-refractivity contribution in [2.24, 2.45) is 5.10 Å². The summed E-state index contributed by atoms with van der Waals surface area (Å²) in [7, 11) is 0. The third kappa shape index (κ3) is 4.44. The van der Waals surface area contributed by atoms with Gasteiger partial charge in [0.1, 0.15) is 10.6 Å². The van der Waals surface area contributed by atoms with Crippen LogP contribution in [0, 0.1) is 0 Å². The van der Waals surface area contributed by atoms with E-state index in [1.807, 2.05) is 35.7 Å². The van der Waals surface area contributed by atoms with Gasteiger partial charge in [0.25, 0.3) is 0 Å². The molecule has 1 aromatic heterocycles. The molecule has 0 amide bonds. The van der Waals surface area contributed by atoms with Gasteiger partial charge in [-0.25, -0.2) is 4.79 Å². The molecule has 0 radical (unpaired) electrons. The van der Waals surface area contributed by atoms with Crippen LogP contribution in [0.5, 0.6) is 5.75 Å². The summed E-state index contributed by atoms with van der Waals surface area (Å²) in [5, 5.41) is 6.66. The number of nitrogens with one attached hydrogen (secondary N) is 1. The molecule has 3 aromatic rings. The molecule has 1 N–H and O–H groups in total. The van der Waals surface area contributed by atoms with Crippen molar-refractivity contribution in [1.82, 2.24) is 0 Å². The van der Waals surface area contributed by atoms with Gasteiger partial charge >= 0.3 is 5.97 Å². The normalized spacial score (nSPS) is 10.7. The highest BCUT2D eigenvalue weighted by atomic mass is 35.5. The van der Waals surface area contributed by atoms with E-state index in [0.717, 1.165) is 11.3 Å². The fourth-order valence-electron chi connectivity index (χ4n) is 1.88. The number of carbonyl (C=O) groups excluding carboxylic acids is 1. The second-order valence-electron chi connectivity index (χ2n) is 4.81. The van der Waals surface area contributed by atoms with Gasteiger partial charge in [-0.1, -0.05) is 17.7 Å². The first kappa shape index (κ1) is 16.2. The van der Waals surface area contributed by atoms with Gasteiger partial charge in [-0.05, 0) is 65.5 Å². The van der Waals surface area contributed by atoms with Gasteiger partial charge in [0, 0.05) is 5.02 Å². The van der Waals surface area contributed by atoms with Crippen LogP contribution in [-0.4, -0.2) is 12.2 Å². The van der Waals surface area contributed by atoms with Crippen molar-refractivity contribution in [2.75, 3.05) is 5.43 Å². The zero-order valence-corrected chi connectivity index (χ0v) is 14.1. The van der Waals surface area contributed by atoms with E-state index in [-0.39, 0.29) is 5.97 Å². The molecule has 0 fully saturated rings. The van der Waals surface area contributed by atoms with Crippen LogP contribution in [0.4, 0.5) is 5.69 Å². The largest absolute Gasteiger partial charge is 0.422 e. The van der Waals surface area contributed by atoms with Crippen molar-refractivity contribution in [3.8, 4) is 5.75 Å². The van der Waals surface area contributed by atoms with Gasteiger partial charge in [0.2, 0.25) is 0 Å². The lowest BCUT2D eigenvalue weighted by Gasteiger charge is -2.03. The third-order valence-corrected chi connectivity index (χ3v) is 4.17. The maximum atomic E-state index is 11.9. The number of nitrogens with zero attached hydrogens (tertiary/aromatic N) is 1. The summed E-state index contributed by atoms with van der Waals surface area (Å²) in [5.74, 6) is 0.145. The first-order chi connectivity index (χ1) is 11.7. The highest BCUT2D eigenvalue weighted by molar-refractivity contribution is 7.12. The third-order valence-electron chi connectivity index (χ3n) is 3.06. The van der Waals surface area contributed by atoms with E-state index in [2.05, 4.69) is 10.5 Å². The van der Waals surface area contributed by atoms with Gasteiger partial charge in [-0.3, -0.25) is 5.43 Å². The molecule has 3 rings (SSSR count). The minimum atomic E-state index is -0.351. The van der Waals surface area contributed by atoms with Crippen molar-refractivity contribution < 1.29 is 9.53 Å². The predicted octanol–water partition coefficient (Wildman–Crippen LogP) is 5.07. The van der Waals surface area contributed by atoms with Crippen LogP contribution in [0.25, 0.3) is 0 Å². The average molecular weight is 357 g/mol. The van der Waals surface area contributed by atoms with Crippen molar-refractivity contribution in [3.05, 3.63) is 81.5 Å². The minimum absolute atomic E-state index is 0.351. The number of thiophene rings is 1. The number of ether oxygens (including phenoxy) is 1. The van der Waals surface area contributed by atoms with E-state index >= 15 is 0 Å². The molecule has 2 aromatic carbocycles. The Bertz CT molecular complexity index is 828. The Kier molecular flexibility index (Phi) is 5.25. The van der Waals surface area contributed by atoms with Crippen molar-refractivity contribution in [2.45, 2.75) is 0 Å². The molecule has 0 saturated carbocycles. The number of hydrogen-bond donors (Lipinski definition) is 1. The fourth-order valence-corrected chi connectivity index (χ4v) is 2.60. The number of benzene rings is 2. The number of anilines is 1. The van der Waals surface area contributed by atoms with Crippen LogP contribution in [0.2, 0.25) is 5.02 Å². The molecule has 6 heteroatoms. The molecule has 24 heavy (non-hydrogen) atoms.